The van der Waals surface area contributed by atoms with Crippen molar-refractivity contribution in [3.8, 4) is 5.75 Å². The third-order valence-corrected chi connectivity index (χ3v) is 4.77. The van der Waals surface area contributed by atoms with Gasteiger partial charge in [-0.3, -0.25) is 9.11 Å². The molecule has 0 amide bonds. The first-order valence-electron chi connectivity index (χ1n) is 6.43. The number of phenols is 1. The summed E-state index contributed by atoms with van der Waals surface area (Å²) in [7, 11) is -7.59. The Morgan fingerprint density at radius 2 is 1.80 bits per heavy atom. The average Bonchev–Trinajstić information content (AvgIpc) is 2.43. The fraction of sp³-hybridized carbons (Fsp3) is 0.167. The number of azo groups is 1. The highest BCUT2D eigenvalue weighted by atomic mass is 32.2. The summed E-state index contributed by atoms with van der Waals surface area (Å²) in [4.78, 5) is -0.395. The summed E-state index contributed by atoms with van der Waals surface area (Å²) < 4.78 is 62.5. The van der Waals surface area contributed by atoms with E-state index in [2.05, 4.69) is 28.2 Å². The van der Waals surface area contributed by atoms with E-state index < -0.39 is 36.8 Å². The van der Waals surface area contributed by atoms with Gasteiger partial charge in [-0.25, -0.2) is 0 Å². The molecule has 0 fully saturated rings. The van der Waals surface area contributed by atoms with E-state index >= 15 is 0 Å². The first-order chi connectivity index (χ1) is 11.4. The smallest absolute Gasteiger partial charge is 0.294 e. The quantitative estimate of drug-likeness (QED) is 0.285. The SMILES string of the molecule is CN=Nc1c(NCS(=O)(=O)O)c(S)cc2cc(S(=O)(=O)O)cc(O)c12. The molecule has 0 saturated carbocycles. The van der Waals surface area contributed by atoms with Gasteiger partial charge in [-0.15, -0.1) is 12.6 Å². The molecule has 10 nitrogen and oxygen atoms in total. The highest BCUT2D eigenvalue weighted by Gasteiger charge is 2.20. The normalized spacial score (nSPS) is 12.8. The van der Waals surface area contributed by atoms with Gasteiger partial charge in [-0.1, -0.05) is 0 Å². The molecule has 0 bridgehead atoms. The predicted molar refractivity (Wildman–Crippen MR) is 93.2 cm³/mol. The number of hydrogen-bond acceptors (Lipinski definition) is 9. The number of hydrogen-bond donors (Lipinski definition) is 5. The summed E-state index contributed by atoms with van der Waals surface area (Å²) in [5.74, 6) is -1.38. The van der Waals surface area contributed by atoms with E-state index in [0.29, 0.717) is 0 Å². The number of anilines is 1. The van der Waals surface area contributed by atoms with Crippen molar-refractivity contribution in [3.63, 3.8) is 0 Å². The van der Waals surface area contributed by atoms with Gasteiger partial charge in [0.2, 0.25) is 0 Å². The summed E-state index contributed by atoms with van der Waals surface area (Å²) in [6, 6.07) is 3.23. The number of aromatic hydroxyl groups is 1. The molecule has 0 spiro atoms. The minimum atomic E-state index is -4.56. The highest BCUT2D eigenvalue weighted by Crippen LogP contribution is 2.44. The van der Waals surface area contributed by atoms with Crippen molar-refractivity contribution in [2.24, 2.45) is 10.2 Å². The largest absolute Gasteiger partial charge is 0.507 e. The van der Waals surface area contributed by atoms with E-state index in [0.717, 1.165) is 12.1 Å². The van der Waals surface area contributed by atoms with Crippen LogP contribution in [0.2, 0.25) is 0 Å². The van der Waals surface area contributed by atoms with E-state index in [1.165, 1.54) is 13.1 Å². The number of nitrogens with zero attached hydrogens (tertiary/aromatic N) is 2. The zero-order chi connectivity index (χ0) is 19.0. The lowest BCUT2D eigenvalue weighted by molar-refractivity contribution is 0.471. The van der Waals surface area contributed by atoms with Crippen LogP contribution in [-0.2, 0) is 20.2 Å². The van der Waals surface area contributed by atoms with Crippen molar-refractivity contribution in [2.75, 3.05) is 18.2 Å². The molecule has 2 aromatic rings. The van der Waals surface area contributed by atoms with Crippen LogP contribution in [0, 0.1) is 0 Å². The van der Waals surface area contributed by atoms with Crippen LogP contribution in [0.1, 0.15) is 0 Å². The number of phenolic OH excluding ortho intramolecular Hbond substituents is 1. The lowest BCUT2D eigenvalue weighted by Gasteiger charge is -2.14. The Labute approximate surface area is 148 Å². The first kappa shape index (κ1) is 19.4. The van der Waals surface area contributed by atoms with Crippen LogP contribution in [-0.4, -0.2) is 44.0 Å². The Hall–Kier alpha value is -1.93. The van der Waals surface area contributed by atoms with Crippen LogP contribution in [0.3, 0.4) is 0 Å². The molecule has 0 aliphatic heterocycles. The van der Waals surface area contributed by atoms with Gasteiger partial charge in [0.05, 0.1) is 16.0 Å². The van der Waals surface area contributed by atoms with Crippen LogP contribution in [0.25, 0.3) is 10.8 Å². The molecule has 136 valence electrons. The fourth-order valence-corrected chi connectivity index (χ4v) is 3.33. The molecule has 0 saturated heterocycles. The molecule has 0 radical (unpaired) electrons. The second-order valence-corrected chi connectivity index (χ2v) is 8.19. The van der Waals surface area contributed by atoms with Crippen LogP contribution >= 0.6 is 12.6 Å². The van der Waals surface area contributed by atoms with Gasteiger partial charge in [-0.2, -0.15) is 27.1 Å². The molecular formula is C12H13N3O7S3. The van der Waals surface area contributed by atoms with Gasteiger partial charge in [-0.05, 0) is 17.5 Å². The van der Waals surface area contributed by atoms with Crippen molar-refractivity contribution >= 4 is 55.0 Å². The van der Waals surface area contributed by atoms with Gasteiger partial charge in [0.25, 0.3) is 20.2 Å². The molecule has 0 atom stereocenters. The molecule has 0 aliphatic carbocycles. The molecule has 4 N–H and O–H groups in total. The maximum Gasteiger partial charge on any atom is 0.294 e. The van der Waals surface area contributed by atoms with Crippen molar-refractivity contribution in [1.29, 1.82) is 0 Å². The van der Waals surface area contributed by atoms with E-state index in [4.69, 9.17) is 9.11 Å². The second kappa shape index (κ2) is 6.76. The average molecular weight is 407 g/mol. The zero-order valence-electron chi connectivity index (χ0n) is 12.6. The van der Waals surface area contributed by atoms with Crippen LogP contribution in [0.15, 0.2) is 38.2 Å². The molecule has 0 heterocycles. The predicted octanol–water partition coefficient (Wildman–Crippen LogP) is 2.05. The maximum atomic E-state index is 11.3. The molecule has 0 aliphatic rings. The van der Waals surface area contributed by atoms with Crippen LogP contribution in [0.5, 0.6) is 5.75 Å². The van der Waals surface area contributed by atoms with Gasteiger partial charge in [0.1, 0.15) is 17.3 Å². The number of nitrogens with one attached hydrogen (secondary N) is 1. The van der Waals surface area contributed by atoms with Crippen molar-refractivity contribution in [1.82, 2.24) is 0 Å². The minimum absolute atomic E-state index is 0.0203. The molecule has 0 unspecified atom stereocenters. The van der Waals surface area contributed by atoms with E-state index in [-0.39, 0.29) is 27.0 Å². The molecule has 2 rings (SSSR count). The maximum absolute atomic E-state index is 11.3. The van der Waals surface area contributed by atoms with E-state index in [1.54, 1.807) is 0 Å². The van der Waals surface area contributed by atoms with Crippen molar-refractivity contribution in [3.05, 3.63) is 18.2 Å². The fourth-order valence-electron chi connectivity index (χ4n) is 2.15. The Balaban J connectivity index is 2.82. The summed E-state index contributed by atoms with van der Waals surface area (Å²) in [5.41, 5.74) is 0.0296. The van der Waals surface area contributed by atoms with Gasteiger partial charge >= 0.3 is 0 Å². The molecule has 0 aromatic heterocycles. The Bertz CT molecular complexity index is 1080. The summed E-state index contributed by atoms with van der Waals surface area (Å²) in [6.45, 7) is 0. The third kappa shape index (κ3) is 4.38. The summed E-state index contributed by atoms with van der Waals surface area (Å²) >= 11 is 4.17. The highest BCUT2D eigenvalue weighted by molar-refractivity contribution is 7.86. The molecule has 13 heteroatoms. The zero-order valence-corrected chi connectivity index (χ0v) is 15.1. The lowest BCUT2D eigenvalue weighted by Crippen LogP contribution is -2.13. The Morgan fingerprint density at radius 3 is 2.32 bits per heavy atom. The Morgan fingerprint density at radius 1 is 1.16 bits per heavy atom. The third-order valence-electron chi connectivity index (χ3n) is 3.07. The van der Waals surface area contributed by atoms with E-state index in [1.807, 2.05) is 0 Å². The summed E-state index contributed by atoms with van der Waals surface area (Å²) in [6.07, 6.45) is 0. The molecule has 25 heavy (non-hydrogen) atoms. The van der Waals surface area contributed by atoms with Gasteiger partial charge < -0.3 is 10.4 Å². The van der Waals surface area contributed by atoms with Crippen LogP contribution < -0.4 is 5.32 Å². The monoisotopic (exact) mass is 407 g/mol. The van der Waals surface area contributed by atoms with Crippen LogP contribution in [0.4, 0.5) is 11.4 Å². The topological polar surface area (TPSA) is 166 Å². The number of rotatable bonds is 5. The summed E-state index contributed by atoms with van der Waals surface area (Å²) in [5, 5.41) is 20.2. The van der Waals surface area contributed by atoms with E-state index in [9.17, 15) is 21.9 Å². The number of benzene rings is 2. The number of thiol groups is 1. The van der Waals surface area contributed by atoms with Crippen molar-refractivity contribution < 1.29 is 31.0 Å². The molecular weight excluding hydrogens is 394 g/mol. The standard InChI is InChI=1S/C12H13N3O7S3/c1-13-15-12-10-6(2-7(4-8(10)16)25(20,21)22)3-9(23)11(12)14-5-24(17,18)19/h2-4,14,16,23H,5H2,1H3,(H,17,18,19)(H,20,21,22). The van der Waals surface area contributed by atoms with Crippen molar-refractivity contribution in [2.45, 2.75) is 9.79 Å². The van der Waals surface area contributed by atoms with Gasteiger partial charge in [0.15, 0.2) is 0 Å². The Kier molecular flexibility index (Phi) is 5.24. The minimum Gasteiger partial charge on any atom is -0.507 e. The molecule has 2 aromatic carbocycles. The number of fused-ring (bicyclic) bond motifs is 1. The lowest BCUT2D eigenvalue weighted by atomic mass is 10.1. The second-order valence-electron chi connectivity index (χ2n) is 4.84. The first-order valence-corrected chi connectivity index (χ1v) is 9.92. The van der Waals surface area contributed by atoms with Gasteiger partial charge in [0, 0.05) is 18.0 Å².